The lowest BCUT2D eigenvalue weighted by Gasteiger charge is -2.37. The number of rotatable bonds is 5. The minimum Gasteiger partial charge on any atom is -0.378 e. The summed E-state index contributed by atoms with van der Waals surface area (Å²) in [6.45, 7) is 2.71. The van der Waals surface area contributed by atoms with Crippen molar-refractivity contribution in [2.75, 3.05) is 55.0 Å². The molecule has 2 aliphatic heterocycles. The van der Waals surface area contributed by atoms with Gasteiger partial charge in [-0.2, -0.15) is 0 Å². The van der Waals surface area contributed by atoms with Crippen LogP contribution in [0.25, 0.3) is 5.57 Å². The first kappa shape index (κ1) is 21.7. The normalized spacial score (nSPS) is 16.5. The van der Waals surface area contributed by atoms with Gasteiger partial charge in [0.15, 0.2) is 0 Å². The van der Waals surface area contributed by atoms with Gasteiger partial charge in [-0.05, 0) is 42.0 Å². The zero-order valence-corrected chi connectivity index (χ0v) is 19.4. The molecule has 0 aliphatic carbocycles. The summed E-state index contributed by atoms with van der Waals surface area (Å²) in [6.07, 6.45) is 1.79. The van der Waals surface area contributed by atoms with E-state index in [-0.39, 0.29) is 11.8 Å². The van der Waals surface area contributed by atoms with Crippen LogP contribution in [0.1, 0.15) is 5.56 Å². The summed E-state index contributed by atoms with van der Waals surface area (Å²) in [5.41, 5.74) is 3.29. The second-order valence-electron chi connectivity index (χ2n) is 8.61. The maximum absolute atomic E-state index is 13.7. The molecular formula is C27H27N5O2. The Balaban J connectivity index is 1.47. The Morgan fingerprint density at radius 1 is 0.735 bits per heavy atom. The average molecular weight is 454 g/mol. The van der Waals surface area contributed by atoms with E-state index in [1.807, 2.05) is 91.8 Å². The summed E-state index contributed by atoms with van der Waals surface area (Å²) in [7, 11) is 3.91. The molecule has 0 atom stereocenters. The Bertz CT molecular complexity index is 1210. The quantitative estimate of drug-likeness (QED) is 0.553. The van der Waals surface area contributed by atoms with Crippen molar-refractivity contribution in [1.29, 1.82) is 0 Å². The third-order valence-corrected chi connectivity index (χ3v) is 6.32. The van der Waals surface area contributed by atoms with Crippen LogP contribution in [-0.4, -0.2) is 62.0 Å². The van der Waals surface area contributed by atoms with Crippen molar-refractivity contribution < 1.29 is 9.59 Å². The Kier molecular flexibility index (Phi) is 5.76. The van der Waals surface area contributed by atoms with Crippen LogP contribution in [0.2, 0.25) is 0 Å². The number of piperazine rings is 1. The maximum Gasteiger partial charge on any atom is 0.282 e. The van der Waals surface area contributed by atoms with Crippen molar-refractivity contribution in [3.05, 3.63) is 90.3 Å². The number of anilines is 3. The van der Waals surface area contributed by atoms with Crippen LogP contribution in [0, 0.1) is 0 Å². The number of hydrogen-bond donors (Lipinski definition) is 0. The fraction of sp³-hybridized carbons (Fsp3) is 0.222. The van der Waals surface area contributed by atoms with Crippen LogP contribution >= 0.6 is 0 Å². The Hall–Kier alpha value is -4.13. The molecule has 7 heteroatoms. The minimum absolute atomic E-state index is 0.271. The van der Waals surface area contributed by atoms with E-state index >= 15 is 0 Å². The predicted molar refractivity (Wildman–Crippen MR) is 135 cm³/mol. The van der Waals surface area contributed by atoms with E-state index in [1.54, 1.807) is 6.20 Å². The molecule has 2 amide bonds. The summed E-state index contributed by atoms with van der Waals surface area (Å²) in [6, 6.07) is 22.8. The summed E-state index contributed by atoms with van der Waals surface area (Å²) in [5, 5.41) is 0. The highest BCUT2D eigenvalue weighted by Gasteiger charge is 2.43. The standard InChI is InChI=1S/C27H27N5O2/c1-29(2)21-11-13-22(14-12-21)32-26(33)24(20-8-4-3-5-9-20)25(27(32)34)31-18-16-30(17-19-31)23-10-6-7-15-28-23/h3-15H,16-19H2,1-2H3. The van der Waals surface area contributed by atoms with Crippen molar-refractivity contribution >= 4 is 34.6 Å². The van der Waals surface area contributed by atoms with Gasteiger partial charge in [-0.1, -0.05) is 36.4 Å². The molecule has 2 aliphatic rings. The van der Waals surface area contributed by atoms with E-state index in [1.165, 1.54) is 4.90 Å². The van der Waals surface area contributed by atoms with Crippen molar-refractivity contribution in [3.63, 3.8) is 0 Å². The van der Waals surface area contributed by atoms with Gasteiger partial charge in [0.1, 0.15) is 11.5 Å². The van der Waals surface area contributed by atoms with Gasteiger partial charge < -0.3 is 14.7 Å². The van der Waals surface area contributed by atoms with Gasteiger partial charge in [0.2, 0.25) is 0 Å². The topological polar surface area (TPSA) is 60.0 Å². The minimum atomic E-state index is -0.282. The van der Waals surface area contributed by atoms with Gasteiger partial charge in [0, 0.05) is 52.2 Å². The van der Waals surface area contributed by atoms with Crippen LogP contribution < -0.4 is 14.7 Å². The maximum atomic E-state index is 13.7. The lowest BCUT2D eigenvalue weighted by Crippen LogP contribution is -2.48. The lowest BCUT2D eigenvalue weighted by atomic mass is 10.0. The number of nitrogens with zero attached hydrogens (tertiary/aromatic N) is 5. The zero-order chi connectivity index (χ0) is 23.7. The molecule has 3 heterocycles. The average Bonchev–Trinajstić information content (AvgIpc) is 3.15. The monoisotopic (exact) mass is 453 g/mol. The molecule has 34 heavy (non-hydrogen) atoms. The molecule has 5 rings (SSSR count). The molecule has 0 spiro atoms. The number of carbonyl (C=O) groups excluding carboxylic acids is 2. The van der Waals surface area contributed by atoms with Gasteiger partial charge in [-0.15, -0.1) is 0 Å². The molecule has 1 fully saturated rings. The van der Waals surface area contributed by atoms with Crippen molar-refractivity contribution in [2.24, 2.45) is 0 Å². The highest BCUT2D eigenvalue weighted by Crippen LogP contribution is 2.35. The molecule has 1 aromatic heterocycles. The van der Waals surface area contributed by atoms with E-state index in [4.69, 9.17) is 0 Å². The second-order valence-corrected chi connectivity index (χ2v) is 8.61. The summed E-state index contributed by atoms with van der Waals surface area (Å²) in [4.78, 5) is 39.4. The molecule has 1 saturated heterocycles. The van der Waals surface area contributed by atoms with Crippen LogP contribution in [0.5, 0.6) is 0 Å². The van der Waals surface area contributed by atoms with Crippen LogP contribution in [0.4, 0.5) is 17.2 Å². The number of pyridine rings is 1. The fourth-order valence-electron chi connectivity index (χ4n) is 4.51. The Labute approximate surface area is 199 Å². The number of benzene rings is 2. The number of aromatic nitrogens is 1. The number of amides is 2. The number of hydrogen-bond acceptors (Lipinski definition) is 6. The second kappa shape index (κ2) is 9.02. The summed E-state index contributed by atoms with van der Waals surface area (Å²) < 4.78 is 0. The molecule has 0 N–H and O–H groups in total. The van der Waals surface area contributed by atoms with Crippen LogP contribution in [-0.2, 0) is 9.59 Å². The fourth-order valence-corrected chi connectivity index (χ4v) is 4.51. The van der Waals surface area contributed by atoms with E-state index < -0.39 is 0 Å². The van der Waals surface area contributed by atoms with Gasteiger partial charge >= 0.3 is 0 Å². The van der Waals surface area contributed by atoms with Crippen molar-refractivity contribution in [2.45, 2.75) is 0 Å². The van der Waals surface area contributed by atoms with Crippen molar-refractivity contribution in [3.8, 4) is 0 Å². The Morgan fingerprint density at radius 3 is 2.00 bits per heavy atom. The molecule has 172 valence electrons. The molecule has 0 unspecified atom stereocenters. The summed E-state index contributed by atoms with van der Waals surface area (Å²) >= 11 is 0. The molecule has 3 aromatic rings. The van der Waals surface area contributed by atoms with Crippen LogP contribution in [0.3, 0.4) is 0 Å². The molecule has 7 nitrogen and oxygen atoms in total. The van der Waals surface area contributed by atoms with E-state index in [9.17, 15) is 9.59 Å². The first-order valence-electron chi connectivity index (χ1n) is 11.4. The highest BCUT2D eigenvalue weighted by molar-refractivity contribution is 6.45. The van der Waals surface area contributed by atoms with Gasteiger partial charge in [-0.3, -0.25) is 9.59 Å². The molecular weight excluding hydrogens is 426 g/mol. The SMILES string of the molecule is CN(C)c1ccc(N2C(=O)C(c3ccccc3)=C(N3CCN(c4ccccn4)CC3)C2=O)cc1. The lowest BCUT2D eigenvalue weighted by molar-refractivity contribution is -0.120. The first-order chi connectivity index (χ1) is 16.5. The third-order valence-electron chi connectivity index (χ3n) is 6.32. The number of imide groups is 1. The molecule has 2 aromatic carbocycles. The summed E-state index contributed by atoms with van der Waals surface area (Å²) in [5.74, 6) is 0.375. The third kappa shape index (κ3) is 3.90. The van der Waals surface area contributed by atoms with Crippen molar-refractivity contribution in [1.82, 2.24) is 9.88 Å². The smallest absolute Gasteiger partial charge is 0.282 e. The first-order valence-corrected chi connectivity index (χ1v) is 11.4. The van der Waals surface area contributed by atoms with Crippen LogP contribution in [0.15, 0.2) is 84.7 Å². The van der Waals surface area contributed by atoms with Gasteiger partial charge in [-0.25, -0.2) is 9.88 Å². The predicted octanol–water partition coefficient (Wildman–Crippen LogP) is 3.25. The molecule has 0 bridgehead atoms. The molecule has 0 radical (unpaired) electrons. The Morgan fingerprint density at radius 2 is 1.38 bits per heavy atom. The number of carbonyl (C=O) groups is 2. The van der Waals surface area contributed by atoms with Gasteiger partial charge in [0.25, 0.3) is 11.8 Å². The van der Waals surface area contributed by atoms with E-state index in [0.717, 1.165) is 30.2 Å². The van der Waals surface area contributed by atoms with E-state index in [2.05, 4.69) is 14.8 Å². The van der Waals surface area contributed by atoms with E-state index in [0.29, 0.717) is 30.0 Å². The largest absolute Gasteiger partial charge is 0.378 e. The van der Waals surface area contributed by atoms with Gasteiger partial charge in [0.05, 0.1) is 11.3 Å². The zero-order valence-electron chi connectivity index (χ0n) is 19.4. The molecule has 0 saturated carbocycles. The highest BCUT2D eigenvalue weighted by atomic mass is 16.2.